The zero-order chi connectivity index (χ0) is 21.0. The first-order chi connectivity index (χ1) is 13.8. The van der Waals surface area contributed by atoms with E-state index in [2.05, 4.69) is 10.0 Å². The number of fused-ring (bicyclic) bond motifs is 1. The van der Waals surface area contributed by atoms with Crippen LogP contribution in [0.4, 0.5) is 0 Å². The monoisotopic (exact) mass is 412 g/mol. The molecular weight excluding hydrogens is 388 g/mol. The Morgan fingerprint density at radius 1 is 1.00 bits per heavy atom. The summed E-state index contributed by atoms with van der Waals surface area (Å²) < 4.78 is 33.4. The summed E-state index contributed by atoms with van der Waals surface area (Å²) in [5, 5.41) is 4.89. The predicted molar refractivity (Wildman–Crippen MR) is 114 cm³/mol. The third-order valence-corrected chi connectivity index (χ3v) is 5.82. The van der Waals surface area contributed by atoms with Crippen LogP contribution in [0.1, 0.15) is 29.8 Å². The fourth-order valence-corrected chi connectivity index (χ4v) is 4.03. The number of ether oxygens (including phenoxy) is 1. The van der Waals surface area contributed by atoms with E-state index < -0.39 is 10.0 Å². The van der Waals surface area contributed by atoms with Crippen LogP contribution in [-0.2, 0) is 16.6 Å². The number of nitrogens with one attached hydrogen (secondary N) is 2. The Labute approximate surface area is 170 Å². The van der Waals surface area contributed by atoms with Gasteiger partial charge in [0.05, 0.1) is 17.6 Å². The van der Waals surface area contributed by atoms with E-state index in [1.54, 1.807) is 0 Å². The minimum Gasteiger partial charge on any atom is -0.496 e. The quantitative estimate of drug-likeness (QED) is 0.622. The molecule has 0 atom stereocenters. The predicted octanol–water partition coefficient (Wildman–Crippen LogP) is 3.47. The number of amides is 1. The number of hydrogen-bond donors (Lipinski definition) is 2. The lowest BCUT2D eigenvalue weighted by Crippen LogP contribution is -2.31. The molecule has 3 rings (SSSR count). The van der Waals surface area contributed by atoms with Gasteiger partial charge in [0.15, 0.2) is 0 Å². The largest absolute Gasteiger partial charge is 0.496 e. The van der Waals surface area contributed by atoms with Gasteiger partial charge in [-0.15, -0.1) is 0 Å². The second-order valence-corrected chi connectivity index (χ2v) is 8.76. The first-order valence-electron chi connectivity index (χ1n) is 9.26. The van der Waals surface area contributed by atoms with Gasteiger partial charge in [-0.3, -0.25) is 4.79 Å². The van der Waals surface area contributed by atoms with Crippen molar-refractivity contribution in [2.24, 2.45) is 0 Å². The van der Waals surface area contributed by atoms with Crippen molar-refractivity contribution in [3.63, 3.8) is 0 Å². The number of carbonyl (C=O) groups excluding carboxylic acids is 1. The molecule has 0 saturated heterocycles. The Hall–Kier alpha value is -2.90. The van der Waals surface area contributed by atoms with Gasteiger partial charge in [0.2, 0.25) is 10.0 Å². The van der Waals surface area contributed by atoms with Gasteiger partial charge < -0.3 is 10.1 Å². The fourth-order valence-electron chi connectivity index (χ4n) is 2.98. The molecule has 152 valence electrons. The van der Waals surface area contributed by atoms with Gasteiger partial charge in [-0.05, 0) is 54.4 Å². The molecule has 0 aliphatic carbocycles. The standard InChI is InChI=1S/C22H24N2O4S/c1-15(2)24-22(25)20-13-19(10-11-21(20)28-3)29(26,27)23-14-16-8-9-17-6-4-5-7-18(17)12-16/h4-13,15,23H,14H2,1-3H3,(H,24,25). The van der Waals surface area contributed by atoms with Crippen molar-refractivity contribution in [3.8, 4) is 5.75 Å². The van der Waals surface area contributed by atoms with Gasteiger partial charge in [-0.2, -0.15) is 0 Å². The maximum atomic E-state index is 12.8. The second-order valence-electron chi connectivity index (χ2n) is 7.00. The summed E-state index contributed by atoms with van der Waals surface area (Å²) in [6, 6.07) is 17.8. The van der Waals surface area contributed by atoms with Crippen molar-refractivity contribution in [1.29, 1.82) is 0 Å². The van der Waals surface area contributed by atoms with Crippen LogP contribution in [0.5, 0.6) is 5.75 Å². The number of sulfonamides is 1. The molecule has 0 aromatic heterocycles. The Morgan fingerprint density at radius 3 is 2.41 bits per heavy atom. The maximum absolute atomic E-state index is 12.8. The molecule has 0 aliphatic rings. The lowest BCUT2D eigenvalue weighted by Gasteiger charge is -2.14. The van der Waals surface area contributed by atoms with Gasteiger partial charge in [0.25, 0.3) is 5.91 Å². The van der Waals surface area contributed by atoms with Gasteiger partial charge in [0, 0.05) is 12.6 Å². The molecule has 3 aromatic rings. The molecule has 3 aromatic carbocycles. The van der Waals surface area contributed by atoms with Crippen LogP contribution >= 0.6 is 0 Å². The normalized spacial score (nSPS) is 11.6. The molecule has 0 aliphatic heterocycles. The van der Waals surface area contributed by atoms with Crippen molar-refractivity contribution in [2.75, 3.05) is 7.11 Å². The molecule has 2 N–H and O–H groups in total. The van der Waals surface area contributed by atoms with Gasteiger partial charge in [0.1, 0.15) is 5.75 Å². The molecule has 0 fully saturated rings. The first-order valence-corrected chi connectivity index (χ1v) is 10.7. The minimum atomic E-state index is -3.81. The molecule has 0 bridgehead atoms. The van der Waals surface area contributed by atoms with E-state index in [1.807, 2.05) is 56.3 Å². The summed E-state index contributed by atoms with van der Waals surface area (Å²) in [7, 11) is -2.37. The molecule has 7 heteroatoms. The summed E-state index contributed by atoms with van der Waals surface area (Å²) in [5.41, 5.74) is 1.02. The molecule has 0 saturated carbocycles. The molecule has 0 heterocycles. The lowest BCUT2D eigenvalue weighted by atomic mass is 10.1. The molecular formula is C22H24N2O4S. The summed E-state index contributed by atoms with van der Waals surface area (Å²) in [4.78, 5) is 12.4. The first kappa shape index (κ1) is 20.8. The Kier molecular flexibility index (Phi) is 6.20. The Balaban J connectivity index is 1.83. The van der Waals surface area contributed by atoms with E-state index >= 15 is 0 Å². The third kappa shape index (κ3) is 4.93. The molecule has 0 unspecified atom stereocenters. The summed E-state index contributed by atoms with van der Waals surface area (Å²) in [5.74, 6) is -0.0694. The number of rotatable bonds is 7. The van der Waals surface area contributed by atoms with Crippen LogP contribution in [0.15, 0.2) is 65.6 Å². The van der Waals surface area contributed by atoms with Crippen molar-refractivity contribution < 1.29 is 17.9 Å². The number of carbonyl (C=O) groups is 1. The van der Waals surface area contributed by atoms with Crippen molar-refractivity contribution in [1.82, 2.24) is 10.0 Å². The van der Waals surface area contributed by atoms with E-state index in [-0.39, 0.29) is 29.0 Å². The van der Waals surface area contributed by atoms with Gasteiger partial charge in [-0.25, -0.2) is 13.1 Å². The van der Waals surface area contributed by atoms with E-state index in [1.165, 1.54) is 25.3 Å². The van der Waals surface area contributed by atoms with Crippen LogP contribution in [0.25, 0.3) is 10.8 Å². The SMILES string of the molecule is COc1ccc(S(=O)(=O)NCc2ccc3ccccc3c2)cc1C(=O)NC(C)C. The Bertz CT molecular complexity index is 1140. The smallest absolute Gasteiger partial charge is 0.255 e. The van der Waals surface area contributed by atoms with E-state index in [0.717, 1.165) is 16.3 Å². The highest BCUT2D eigenvalue weighted by atomic mass is 32.2. The molecule has 1 amide bonds. The number of methoxy groups -OCH3 is 1. The fraction of sp³-hybridized carbons (Fsp3) is 0.227. The van der Waals surface area contributed by atoms with Gasteiger partial charge >= 0.3 is 0 Å². The zero-order valence-corrected chi connectivity index (χ0v) is 17.4. The van der Waals surface area contributed by atoms with Crippen LogP contribution in [-0.4, -0.2) is 27.5 Å². The van der Waals surface area contributed by atoms with Crippen LogP contribution < -0.4 is 14.8 Å². The molecule has 29 heavy (non-hydrogen) atoms. The van der Waals surface area contributed by atoms with Crippen molar-refractivity contribution >= 4 is 26.7 Å². The summed E-state index contributed by atoms with van der Waals surface area (Å²) >= 11 is 0. The van der Waals surface area contributed by atoms with Crippen LogP contribution in [0.3, 0.4) is 0 Å². The number of hydrogen-bond acceptors (Lipinski definition) is 4. The van der Waals surface area contributed by atoms with Crippen molar-refractivity contribution in [2.45, 2.75) is 31.3 Å². The molecule has 6 nitrogen and oxygen atoms in total. The molecule has 0 spiro atoms. The summed E-state index contributed by atoms with van der Waals surface area (Å²) in [6.45, 7) is 3.80. The molecule has 0 radical (unpaired) electrons. The highest BCUT2D eigenvalue weighted by Crippen LogP contribution is 2.23. The number of benzene rings is 3. The van der Waals surface area contributed by atoms with Gasteiger partial charge in [-0.1, -0.05) is 36.4 Å². The summed E-state index contributed by atoms with van der Waals surface area (Å²) in [6.07, 6.45) is 0. The van der Waals surface area contributed by atoms with E-state index in [0.29, 0.717) is 5.75 Å². The van der Waals surface area contributed by atoms with Crippen LogP contribution in [0, 0.1) is 0 Å². The van der Waals surface area contributed by atoms with E-state index in [4.69, 9.17) is 4.74 Å². The highest BCUT2D eigenvalue weighted by molar-refractivity contribution is 7.89. The maximum Gasteiger partial charge on any atom is 0.255 e. The third-order valence-electron chi connectivity index (χ3n) is 4.43. The minimum absolute atomic E-state index is 0.00740. The topological polar surface area (TPSA) is 84.5 Å². The second kappa shape index (κ2) is 8.63. The Morgan fingerprint density at radius 2 is 1.72 bits per heavy atom. The highest BCUT2D eigenvalue weighted by Gasteiger charge is 2.20. The van der Waals surface area contributed by atoms with E-state index in [9.17, 15) is 13.2 Å². The average Bonchev–Trinajstić information content (AvgIpc) is 2.71. The van der Waals surface area contributed by atoms with Crippen LogP contribution in [0.2, 0.25) is 0 Å². The zero-order valence-electron chi connectivity index (χ0n) is 16.6. The lowest BCUT2D eigenvalue weighted by molar-refractivity contribution is 0.0940. The average molecular weight is 413 g/mol. The van der Waals surface area contributed by atoms with Crippen molar-refractivity contribution in [3.05, 3.63) is 71.8 Å².